The molecule has 2 aromatic rings. The van der Waals surface area contributed by atoms with Gasteiger partial charge in [0.25, 0.3) is 5.91 Å². The average Bonchev–Trinajstić information content (AvgIpc) is 2.76. The second-order valence-corrected chi connectivity index (χ2v) is 6.99. The van der Waals surface area contributed by atoms with E-state index in [1.807, 2.05) is 36.4 Å². The summed E-state index contributed by atoms with van der Waals surface area (Å²) in [5.74, 6) is 0.847. The van der Waals surface area contributed by atoms with Gasteiger partial charge in [-0.1, -0.05) is 12.1 Å². The molecule has 4 rings (SSSR count). The number of hydrogen-bond acceptors (Lipinski definition) is 5. The lowest BCUT2D eigenvalue weighted by Gasteiger charge is -2.28. The van der Waals surface area contributed by atoms with Crippen LogP contribution in [0.2, 0.25) is 0 Å². The number of amides is 1. The second-order valence-electron chi connectivity index (χ2n) is 6.99. The maximum Gasteiger partial charge on any atom is 0.256 e. The number of nitrogens with one attached hydrogen (secondary N) is 1. The Morgan fingerprint density at radius 1 is 1.04 bits per heavy atom. The number of morpholine rings is 1. The molecule has 0 bridgehead atoms. The number of rotatable bonds is 4. The van der Waals surface area contributed by atoms with E-state index < -0.39 is 0 Å². The van der Waals surface area contributed by atoms with E-state index in [9.17, 15) is 4.79 Å². The van der Waals surface area contributed by atoms with Crippen molar-refractivity contribution in [2.75, 3.05) is 49.7 Å². The first-order valence-electron chi connectivity index (χ1n) is 9.57. The molecule has 1 aromatic carbocycles. The number of ether oxygens (including phenoxy) is 2. The van der Waals surface area contributed by atoms with Gasteiger partial charge in [-0.05, 0) is 42.7 Å². The van der Waals surface area contributed by atoms with Crippen molar-refractivity contribution in [2.24, 2.45) is 0 Å². The molecule has 0 radical (unpaired) electrons. The van der Waals surface area contributed by atoms with Crippen LogP contribution in [0, 0.1) is 0 Å². The molecule has 0 saturated carbocycles. The number of aromatic nitrogens is 1. The van der Waals surface area contributed by atoms with Crippen molar-refractivity contribution in [1.29, 1.82) is 0 Å². The lowest BCUT2D eigenvalue weighted by Crippen LogP contribution is -2.36. The smallest absolute Gasteiger partial charge is 0.256 e. The van der Waals surface area contributed by atoms with E-state index in [2.05, 4.69) is 15.2 Å². The fourth-order valence-electron chi connectivity index (χ4n) is 3.57. The molecule has 27 heavy (non-hydrogen) atoms. The zero-order valence-corrected chi connectivity index (χ0v) is 15.4. The number of nitrogens with zero attached hydrogens (tertiary/aromatic N) is 2. The molecule has 142 valence electrons. The molecule has 1 atom stereocenters. The number of carbonyl (C=O) groups excluding carboxylic acids is 1. The van der Waals surface area contributed by atoms with Crippen LogP contribution in [0.25, 0.3) is 0 Å². The quantitative estimate of drug-likeness (QED) is 0.900. The zero-order valence-electron chi connectivity index (χ0n) is 15.4. The Kier molecular flexibility index (Phi) is 5.65. The Balaban J connectivity index is 1.36. The summed E-state index contributed by atoms with van der Waals surface area (Å²) < 4.78 is 10.9. The van der Waals surface area contributed by atoms with E-state index in [1.54, 1.807) is 6.20 Å². The van der Waals surface area contributed by atoms with Gasteiger partial charge in [-0.2, -0.15) is 0 Å². The van der Waals surface area contributed by atoms with Crippen LogP contribution in [0.1, 0.15) is 34.7 Å². The lowest BCUT2D eigenvalue weighted by molar-refractivity contribution is 0.0804. The van der Waals surface area contributed by atoms with E-state index >= 15 is 0 Å². The Morgan fingerprint density at radius 3 is 2.52 bits per heavy atom. The fourth-order valence-corrected chi connectivity index (χ4v) is 3.57. The molecular weight excluding hydrogens is 342 g/mol. The third-order valence-electron chi connectivity index (χ3n) is 5.17. The van der Waals surface area contributed by atoms with Gasteiger partial charge in [0, 0.05) is 31.2 Å². The molecule has 1 N–H and O–H groups in total. The summed E-state index contributed by atoms with van der Waals surface area (Å²) in [6, 6.07) is 11.6. The summed E-state index contributed by atoms with van der Waals surface area (Å²) in [6.45, 7) is 4.83. The van der Waals surface area contributed by atoms with Crippen LogP contribution in [-0.2, 0) is 9.47 Å². The SMILES string of the molecule is O=C(Nc1ccc(N2CCOCC2)cn1)c1ccc(C2CCCOC2)cc1. The minimum Gasteiger partial charge on any atom is -0.381 e. The van der Waals surface area contributed by atoms with Crippen molar-refractivity contribution < 1.29 is 14.3 Å². The van der Waals surface area contributed by atoms with Crippen LogP contribution in [0.4, 0.5) is 11.5 Å². The van der Waals surface area contributed by atoms with Crippen LogP contribution in [0.3, 0.4) is 0 Å². The highest BCUT2D eigenvalue weighted by molar-refractivity contribution is 6.03. The third kappa shape index (κ3) is 4.46. The first-order chi connectivity index (χ1) is 13.3. The van der Waals surface area contributed by atoms with Crippen LogP contribution < -0.4 is 10.2 Å². The van der Waals surface area contributed by atoms with E-state index in [1.165, 1.54) is 5.56 Å². The van der Waals surface area contributed by atoms with E-state index in [0.717, 1.165) is 58.0 Å². The molecule has 1 aromatic heterocycles. The number of carbonyl (C=O) groups is 1. The lowest BCUT2D eigenvalue weighted by atomic mass is 9.93. The molecule has 3 heterocycles. The van der Waals surface area contributed by atoms with Gasteiger partial charge in [-0.3, -0.25) is 4.79 Å². The molecule has 1 unspecified atom stereocenters. The van der Waals surface area contributed by atoms with E-state index in [-0.39, 0.29) is 5.91 Å². The molecule has 2 fully saturated rings. The first kappa shape index (κ1) is 17.9. The molecule has 6 heteroatoms. The highest BCUT2D eigenvalue weighted by Gasteiger charge is 2.17. The van der Waals surface area contributed by atoms with Gasteiger partial charge in [0.1, 0.15) is 5.82 Å². The first-order valence-corrected chi connectivity index (χ1v) is 9.57. The molecular formula is C21H25N3O3. The maximum atomic E-state index is 12.5. The van der Waals surface area contributed by atoms with Gasteiger partial charge in [-0.15, -0.1) is 0 Å². The van der Waals surface area contributed by atoms with Crippen LogP contribution in [0.15, 0.2) is 42.6 Å². The number of hydrogen-bond donors (Lipinski definition) is 1. The number of pyridine rings is 1. The van der Waals surface area contributed by atoms with Crippen LogP contribution in [-0.4, -0.2) is 50.4 Å². The number of anilines is 2. The maximum absolute atomic E-state index is 12.5. The largest absolute Gasteiger partial charge is 0.381 e. The molecule has 0 aliphatic carbocycles. The van der Waals surface area contributed by atoms with Gasteiger partial charge in [0.15, 0.2) is 0 Å². The Morgan fingerprint density at radius 2 is 1.85 bits per heavy atom. The normalized spacial score (nSPS) is 20.3. The zero-order chi connectivity index (χ0) is 18.5. The van der Waals surface area contributed by atoms with Gasteiger partial charge in [0.2, 0.25) is 0 Å². The minimum absolute atomic E-state index is 0.145. The van der Waals surface area contributed by atoms with E-state index in [0.29, 0.717) is 17.3 Å². The molecule has 1 amide bonds. The summed E-state index contributed by atoms with van der Waals surface area (Å²) >= 11 is 0. The highest BCUT2D eigenvalue weighted by Crippen LogP contribution is 2.25. The van der Waals surface area contributed by atoms with Crippen LogP contribution >= 0.6 is 0 Å². The molecule has 0 spiro atoms. The number of benzene rings is 1. The molecule has 2 aliphatic heterocycles. The van der Waals surface area contributed by atoms with Crippen molar-refractivity contribution in [3.8, 4) is 0 Å². The Bertz CT molecular complexity index is 749. The Labute approximate surface area is 159 Å². The van der Waals surface area contributed by atoms with Crippen molar-refractivity contribution in [2.45, 2.75) is 18.8 Å². The molecule has 2 aliphatic rings. The fraction of sp³-hybridized carbons (Fsp3) is 0.429. The van der Waals surface area contributed by atoms with Gasteiger partial charge >= 0.3 is 0 Å². The van der Waals surface area contributed by atoms with Crippen molar-refractivity contribution >= 4 is 17.4 Å². The minimum atomic E-state index is -0.145. The van der Waals surface area contributed by atoms with Crippen LogP contribution in [0.5, 0.6) is 0 Å². The topological polar surface area (TPSA) is 63.7 Å². The van der Waals surface area contributed by atoms with Crippen molar-refractivity contribution in [1.82, 2.24) is 4.98 Å². The summed E-state index contributed by atoms with van der Waals surface area (Å²) in [5, 5.41) is 2.87. The standard InChI is InChI=1S/C21H25N3O3/c25-21(17-5-3-16(4-6-17)18-2-1-11-27-15-18)23-20-8-7-19(14-22-20)24-9-12-26-13-10-24/h3-8,14,18H,1-2,9-13,15H2,(H,22,23,25). The van der Waals surface area contributed by atoms with Crippen molar-refractivity contribution in [3.63, 3.8) is 0 Å². The summed E-state index contributed by atoms with van der Waals surface area (Å²) in [7, 11) is 0. The van der Waals surface area contributed by atoms with Crippen molar-refractivity contribution in [3.05, 3.63) is 53.7 Å². The summed E-state index contributed by atoms with van der Waals surface area (Å²) in [4.78, 5) is 19.1. The highest BCUT2D eigenvalue weighted by atomic mass is 16.5. The second kappa shape index (κ2) is 8.50. The van der Waals surface area contributed by atoms with Gasteiger partial charge < -0.3 is 19.7 Å². The van der Waals surface area contributed by atoms with Gasteiger partial charge in [0.05, 0.1) is 31.7 Å². The predicted molar refractivity (Wildman–Crippen MR) is 104 cm³/mol. The average molecular weight is 367 g/mol. The predicted octanol–water partition coefficient (Wildman–Crippen LogP) is 3.06. The van der Waals surface area contributed by atoms with Gasteiger partial charge in [-0.25, -0.2) is 4.98 Å². The molecule has 2 saturated heterocycles. The monoisotopic (exact) mass is 367 g/mol. The summed E-state index contributed by atoms with van der Waals surface area (Å²) in [5.41, 5.74) is 2.92. The molecule has 6 nitrogen and oxygen atoms in total. The van der Waals surface area contributed by atoms with E-state index in [4.69, 9.17) is 9.47 Å². The summed E-state index contributed by atoms with van der Waals surface area (Å²) in [6.07, 6.45) is 4.04. The third-order valence-corrected chi connectivity index (χ3v) is 5.17. The Hall–Kier alpha value is -2.44.